The Morgan fingerprint density at radius 1 is 1.11 bits per heavy atom. The van der Waals surface area contributed by atoms with Crippen molar-refractivity contribution in [1.82, 2.24) is 15.0 Å². The molecule has 4 heterocycles. The first kappa shape index (κ1) is 16.1. The van der Waals surface area contributed by atoms with Gasteiger partial charge >= 0.3 is 0 Å². The van der Waals surface area contributed by atoms with Crippen molar-refractivity contribution >= 4 is 17.0 Å². The Bertz CT molecular complexity index is 1040. The maximum atomic E-state index is 13.2. The summed E-state index contributed by atoms with van der Waals surface area (Å²) in [6.07, 6.45) is 0. The van der Waals surface area contributed by atoms with Crippen LogP contribution in [0.3, 0.4) is 0 Å². The van der Waals surface area contributed by atoms with Gasteiger partial charge in [-0.1, -0.05) is 5.16 Å². The molecule has 2 aromatic heterocycles. The summed E-state index contributed by atoms with van der Waals surface area (Å²) in [6.45, 7) is 4.21. The summed E-state index contributed by atoms with van der Waals surface area (Å²) in [7, 11) is 0. The van der Waals surface area contributed by atoms with Crippen molar-refractivity contribution in [2.24, 2.45) is 0 Å². The predicted octanol–water partition coefficient (Wildman–Crippen LogP) is 2.40. The fourth-order valence-corrected chi connectivity index (χ4v) is 3.40. The Hall–Kier alpha value is -3.13. The molecule has 0 spiro atoms. The second-order valence-corrected chi connectivity index (χ2v) is 6.48. The first-order valence-corrected chi connectivity index (χ1v) is 8.75. The van der Waals surface area contributed by atoms with Crippen molar-refractivity contribution in [2.45, 2.75) is 6.92 Å². The van der Waals surface area contributed by atoms with E-state index in [0.717, 1.165) is 5.56 Å². The smallest absolute Gasteiger partial charge is 0.259 e. The molecule has 0 radical (unpaired) electrons. The van der Waals surface area contributed by atoms with Crippen molar-refractivity contribution < 1.29 is 23.5 Å². The molecule has 2 aliphatic heterocycles. The van der Waals surface area contributed by atoms with E-state index < -0.39 is 0 Å². The monoisotopic (exact) mass is 367 g/mol. The van der Waals surface area contributed by atoms with Crippen molar-refractivity contribution in [3.63, 3.8) is 0 Å². The van der Waals surface area contributed by atoms with Gasteiger partial charge in [-0.3, -0.25) is 4.79 Å². The van der Waals surface area contributed by atoms with E-state index >= 15 is 0 Å². The van der Waals surface area contributed by atoms with Crippen LogP contribution in [0.2, 0.25) is 0 Å². The number of fused-ring (bicyclic) bond motifs is 2. The van der Waals surface area contributed by atoms with Crippen LogP contribution in [0, 0.1) is 6.92 Å². The van der Waals surface area contributed by atoms with E-state index in [9.17, 15) is 4.79 Å². The second kappa shape index (κ2) is 6.24. The zero-order chi connectivity index (χ0) is 18.4. The summed E-state index contributed by atoms with van der Waals surface area (Å²) in [5, 5.41) is 4.65. The lowest BCUT2D eigenvalue weighted by atomic mass is 10.0. The number of pyridine rings is 1. The highest BCUT2D eigenvalue weighted by molar-refractivity contribution is 6.07. The molecular formula is C19H17N3O5. The lowest BCUT2D eigenvalue weighted by Crippen LogP contribution is -2.40. The molecule has 1 fully saturated rings. The van der Waals surface area contributed by atoms with Crippen LogP contribution >= 0.6 is 0 Å². The second-order valence-electron chi connectivity index (χ2n) is 6.48. The Labute approximate surface area is 154 Å². The minimum Gasteiger partial charge on any atom is -0.454 e. The van der Waals surface area contributed by atoms with Crippen LogP contribution in [0.15, 0.2) is 28.8 Å². The third-order valence-corrected chi connectivity index (χ3v) is 4.81. The third-order valence-electron chi connectivity index (χ3n) is 4.81. The number of hydrogen-bond acceptors (Lipinski definition) is 7. The minimum atomic E-state index is -0.0704. The van der Waals surface area contributed by atoms with E-state index in [1.807, 2.05) is 25.1 Å². The zero-order valence-corrected chi connectivity index (χ0v) is 14.7. The highest BCUT2D eigenvalue weighted by Crippen LogP contribution is 2.36. The van der Waals surface area contributed by atoms with Gasteiger partial charge in [-0.25, -0.2) is 4.98 Å². The van der Waals surface area contributed by atoms with Gasteiger partial charge in [-0.2, -0.15) is 0 Å². The molecule has 138 valence electrons. The minimum absolute atomic E-state index is 0.0704. The molecule has 0 saturated carbocycles. The number of hydrogen-bond donors (Lipinski definition) is 0. The van der Waals surface area contributed by atoms with E-state index in [4.69, 9.17) is 18.7 Å². The molecule has 1 amide bonds. The van der Waals surface area contributed by atoms with Gasteiger partial charge in [0.15, 0.2) is 11.5 Å². The van der Waals surface area contributed by atoms with Gasteiger partial charge in [0.2, 0.25) is 6.79 Å². The van der Waals surface area contributed by atoms with Crippen molar-refractivity contribution in [1.29, 1.82) is 0 Å². The lowest BCUT2D eigenvalue weighted by molar-refractivity contribution is 0.0304. The molecule has 0 unspecified atom stereocenters. The Kier molecular flexibility index (Phi) is 3.71. The predicted molar refractivity (Wildman–Crippen MR) is 94.8 cm³/mol. The van der Waals surface area contributed by atoms with Crippen molar-refractivity contribution in [2.75, 3.05) is 33.1 Å². The first-order chi connectivity index (χ1) is 13.2. The maximum absolute atomic E-state index is 13.2. The molecule has 2 aliphatic rings. The number of carbonyl (C=O) groups excluding carboxylic acids is 1. The van der Waals surface area contributed by atoms with E-state index in [1.165, 1.54) is 0 Å². The van der Waals surface area contributed by atoms with Gasteiger partial charge in [0.05, 0.1) is 35.6 Å². The molecule has 1 aromatic carbocycles. The summed E-state index contributed by atoms with van der Waals surface area (Å²) in [4.78, 5) is 19.5. The molecule has 0 aliphatic carbocycles. The number of carbonyl (C=O) groups is 1. The number of amides is 1. The molecule has 5 rings (SSSR count). The maximum Gasteiger partial charge on any atom is 0.259 e. The fraction of sp³-hybridized carbons (Fsp3) is 0.316. The Morgan fingerprint density at radius 2 is 1.93 bits per heavy atom. The average Bonchev–Trinajstić information content (AvgIpc) is 3.33. The Balaban J connectivity index is 1.63. The average molecular weight is 367 g/mol. The fourth-order valence-electron chi connectivity index (χ4n) is 3.40. The number of aromatic nitrogens is 2. The highest BCUT2D eigenvalue weighted by atomic mass is 16.7. The molecule has 27 heavy (non-hydrogen) atoms. The lowest BCUT2D eigenvalue weighted by Gasteiger charge is -2.27. The largest absolute Gasteiger partial charge is 0.454 e. The van der Waals surface area contributed by atoms with Crippen LogP contribution in [0.25, 0.3) is 22.4 Å². The molecule has 1 saturated heterocycles. The summed E-state index contributed by atoms with van der Waals surface area (Å²) < 4.78 is 21.5. The summed E-state index contributed by atoms with van der Waals surface area (Å²) in [5.74, 6) is 1.28. The van der Waals surface area contributed by atoms with Gasteiger partial charge in [-0.15, -0.1) is 0 Å². The molecule has 0 atom stereocenters. The Morgan fingerprint density at radius 3 is 2.78 bits per heavy atom. The molecule has 0 N–H and O–H groups in total. The SMILES string of the molecule is Cc1noc2nc(-c3ccc4c(c3)OCO4)cc(C(=O)N3CCOCC3)c12. The van der Waals surface area contributed by atoms with Crippen molar-refractivity contribution in [3.8, 4) is 22.8 Å². The van der Waals surface area contributed by atoms with E-state index in [2.05, 4.69) is 10.1 Å². The summed E-state index contributed by atoms with van der Waals surface area (Å²) in [5.41, 5.74) is 2.96. The first-order valence-electron chi connectivity index (χ1n) is 8.75. The van der Waals surface area contributed by atoms with Gasteiger partial charge in [-0.05, 0) is 31.2 Å². The zero-order valence-electron chi connectivity index (χ0n) is 14.7. The van der Waals surface area contributed by atoms with E-state index in [0.29, 0.717) is 65.9 Å². The number of rotatable bonds is 2. The van der Waals surface area contributed by atoms with Crippen LogP contribution in [0.5, 0.6) is 11.5 Å². The molecule has 0 bridgehead atoms. The highest BCUT2D eigenvalue weighted by Gasteiger charge is 2.25. The van der Waals surface area contributed by atoms with Crippen LogP contribution < -0.4 is 9.47 Å². The van der Waals surface area contributed by atoms with Gasteiger partial charge in [0, 0.05) is 18.7 Å². The number of aryl methyl sites for hydroxylation is 1. The topological polar surface area (TPSA) is 86.9 Å². The van der Waals surface area contributed by atoms with Gasteiger partial charge in [0.25, 0.3) is 11.6 Å². The number of benzene rings is 1. The van der Waals surface area contributed by atoms with Crippen LogP contribution in [0.4, 0.5) is 0 Å². The molecule has 3 aromatic rings. The third kappa shape index (κ3) is 2.69. The van der Waals surface area contributed by atoms with Crippen LogP contribution in [-0.2, 0) is 4.74 Å². The van der Waals surface area contributed by atoms with Gasteiger partial charge in [0.1, 0.15) is 0 Å². The van der Waals surface area contributed by atoms with E-state index in [1.54, 1.807) is 11.0 Å². The number of ether oxygens (including phenoxy) is 3. The summed E-state index contributed by atoms with van der Waals surface area (Å²) in [6, 6.07) is 7.36. The normalized spacial score (nSPS) is 16.1. The van der Waals surface area contributed by atoms with E-state index in [-0.39, 0.29) is 12.7 Å². The van der Waals surface area contributed by atoms with Crippen LogP contribution in [0.1, 0.15) is 16.1 Å². The summed E-state index contributed by atoms with van der Waals surface area (Å²) >= 11 is 0. The number of nitrogens with zero attached hydrogens (tertiary/aromatic N) is 3. The van der Waals surface area contributed by atoms with Crippen LogP contribution in [-0.4, -0.2) is 54.0 Å². The number of morpholine rings is 1. The van der Waals surface area contributed by atoms with Gasteiger partial charge < -0.3 is 23.6 Å². The quantitative estimate of drug-likeness (QED) is 0.687. The standard InChI is InChI=1S/C19H17N3O5/c1-11-17-13(19(23)22-4-6-24-7-5-22)9-14(20-18(17)27-21-11)12-2-3-15-16(8-12)26-10-25-15/h2-3,8-9H,4-7,10H2,1H3. The molecule has 8 nitrogen and oxygen atoms in total. The molecular weight excluding hydrogens is 350 g/mol. The molecule has 8 heteroatoms. The van der Waals surface area contributed by atoms with Crippen molar-refractivity contribution in [3.05, 3.63) is 35.5 Å².